The predicted octanol–water partition coefficient (Wildman–Crippen LogP) is 3.49. The van der Waals surface area contributed by atoms with Gasteiger partial charge in [-0.1, -0.05) is 6.07 Å². The Morgan fingerprint density at radius 3 is 2.42 bits per heavy atom. The molecule has 0 atom stereocenters. The van der Waals surface area contributed by atoms with E-state index in [-0.39, 0.29) is 16.3 Å². The first-order chi connectivity index (χ1) is 15.3. The SMILES string of the molecule is Cc1cnc(Oc2nnc(C(F)(F)F)c(C)c2C(=O)Nc2cccc(S(C)(=O)=O)c2)c(F)n1. The molecule has 3 aromatic rings. The van der Waals surface area contributed by atoms with Gasteiger partial charge in [-0.25, -0.2) is 18.4 Å². The number of anilines is 1. The van der Waals surface area contributed by atoms with E-state index in [1.54, 1.807) is 0 Å². The van der Waals surface area contributed by atoms with E-state index >= 15 is 0 Å². The largest absolute Gasteiger partial charge is 0.435 e. The summed E-state index contributed by atoms with van der Waals surface area (Å²) in [6.07, 6.45) is -2.86. The van der Waals surface area contributed by atoms with Crippen LogP contribution in [0.1, 0.15) is 27.3 Å². The zero-order chi connectivity index (χ0) is 24.6. The minimum absolute atomic E-state index is 0.0278. The van der Waals surface area contributed by atoms with Crippen molar-refractivity contribution in [2.45, 2.75) is 24.9 Å². The van der Waals surface area contributed by atoms with E-state index in [9.17, 15) is 30.8 Å². The molecule has 0 aliphatic carbocycles. The minimum Gasteiger partial charge on any atom is -0.414 e. The van der Waals surface area contributed by atoms with Crippen molar-refractivity contribution in [2.24, 2.45) is 0 Å². The maximum atomic E-state index is 14.1. The molecule has 0 bridgehead atoms. The molecule has 0 unspecified atom stereocenters. The van der Waals surface area contributed by atoms with Gasteiger partial charge in [-0.15, -0.1) is 10.2 Å². The van der Waals surface area contributed by atoms with Crippen LogP contribution in [0.4, 0.5) is 23.2 Å². The predicted molar refractivity (Wildman–Crippen MR) is 106 cm³/mol. The van der Waals surface area contributed by atoms with Crippen LogP contribution in [0, 0.1) is 19.8 Å². The summed E-state index contributed by atoms with van der Waals surface area (Å²) >= 11 is 0. The monoisotopic (exact) mass is 485 g/mol. The van der Waals surface area contributed by atoms with Gasteiger partial charge in [-0.2, -0.15) is 17.6 Å². The Kier molecular flexibility index (Phi) is 6.31. The lowest BCUT2D eigenvalue weighted by Gasteiger charge is -2.16. The maximum absolute atomic E-state index is 14.1. The highest BCUT2D eigenvalue weighted by Gasteiger charge is 2.38. The third kappa shape index (κ3) is 5.39. The molecular formula is C19H15F4N5O4S. The number of amides is 1. The Morgan fingerprint density at radius 1 is 1.12 bits per heavy atom. The molecular weight excluding hydrogens is 470 g/mol. The summed E-state index contributed by atoms with van der Waals surface area (Å²) in [5.41, 5.74) is -2.63. The van der Waals surface area contributed by atoms with Gasteiger partial charge in [0.05, 0.1) is 16.8 Å². The van der Waals surface area contributed by atoms with Crippen molar-refractivity contribution < 1.29 is 35.5 Å². The van der Waals surface area contributed by atoms with E-state index in [0.717, 1.165) is 25.4 Å². The molecule has 3 rings (SSSR count). The van der Waals surface area contributed by atoms with Crippen molar-refractivity contribution in [3.05, 3.63) is 58.9 Å². The van der Waals surface area contributed by atoms with Crippen molar-refractivity contribution in [2.75, 3.05) is 11.6 Å². The van der Waals surface area contributed by atoms with E-state index in [0.29, 0.717) is 0 Å². The zero-order valence-corrected chi connectivity index (χ0v) is 18.0. The van der Waals surface area contributed by atoms with Gasteiger partial charge in [-0.3, -0.25) is 4.79 Å². The smallest absolute Gasteiger partial charge is 0.414 e. The van der Waals surface area contributed by atoms with Crippen LogP contribution < -0.4 is 10.1 Å². The number of rotatable bonds is 5. The second kappa shape index (κ2) is 8.69. The molecule has 0 aliphatic heterocycles. The number of carbonyl (C=O) groups is 1. The van der Waals surface area contributed by atoms with Crippen LogP contribution in [-0.2, 0) is 16.0 Å². The Morgan fingerprint density at radius 2 is 1.82 bits per heavy atom. The maximum Gasteiger partial charge on any atom is 0.435 e. The Bertz CT molecular complexity index is 1350. The standard InChI is InChI=1S/C19H15F4N5O4S/c1-9-8-24-18(15(20)25-9)32-17-13(10(2)14(27-28-17)19(21,22)23)16(29)26-11-5-4-6-12(7-11)33(3,30)31/h4-8H,1-3H3,(H,26,29). The lowest BCUT2D eigenvalue weighted by molar-refractivity contribution is -0.142. The number of hydrogen-bond donors (Lipinski definition) is 1. The summed E-state index contributed by atoms with van der Waals surface area (Å²) in [5.74, 6) is -3.80. The molecule has 2 heterocycles. The van der Waals surface area contributed by atoms with Gasteiger partial charge >= 0.3 is 6.18 Å². The Balaban J connectivity index is 2.08. The minimum atomic E-state index is -4.95. The van der Waals surface area contributed by atoms with E-state index in [2.05, 4.69) is 25.5 Å². The van der Waals surface area contributed by atoms with Crippen LogP contribution in [0.2, 0.25) is 0 Å². The fraction of sp³-hybridized carbons (Fsp3) is 0.211. The molecule has 0 saturated carbocycles. The van der Waals surface area contributed by atoms with E-state index in [1.165, 1.54) is 25.1 Å². The molecule has 1 aromatic carbocycles. The highest BCUT2D eigenvalue weighted by molar-refractivity contribution is 7.90. The van der Waals surface area contributed by atoms with Gasteiger partial charge in [0.15, 0.2) is 15.5 Å². The van der Waals surface area contributed by atoms with Crippen LogP contribution in [0.25, 0.3) is 0 Å². The molecule has 2 aromatic heterocycles. The van der Waals surface area contributed by atoms with E-state index in [4.69, 9.17) is 4.74 Å². The first-order valence-corrected chi connectivity index (χ1v) is 10.9. The van der Waals surface area contributed by atoms with Crippen LogP contribution in [0.5, 0.6) is 11.8 Å². The number of nitrogens with zero attached hydrogens (tertiary/aromatic N) is 4. The summed E-state index contributed by atoms with van der Waals surface area (Å²) < 4.78 is 82.7. The molecule has 1 amide bonds. The van der Waals surface area contributed by atoms with Gasteiger partial charge in [0.25, 0.3) is 23.6 Å². The number of aryl methyl sites for hydroxylation is 1. The van der Waals surface area contributed by atoms with Crippen LogP contribution >= 0.6 is 0 Å². The quantitative estimate of drug-likeness (QED) is 0.545. The Labute approximate surface area is 184 Å². The number of halogens is 4. The molecule has 0 spiro atoms. The van der Waals surface area contributed by atoms with Crippen molar-refractivity contribution in [1.29, 1.82) is 0 Å². The van der Waals surface area contributed by atoms with E-state index < -0.39 is 56.4 Å². The van der Waals surface area contributed by atoms with Gasteiger partial charge in [0, 0.05) is 11.9 Å². The first-order valence-electron chi connectivity index (χ1n) is 9.00. The normalized spacial score (nSPS) is 11.8. The number of hydrogen-bond acceptors (Lipinski definition) is 8. The zero-order valence-electron chi connectivity index (χ0n) is 17.2. The second-order valence-corrected chi connectivity index (χ2v) is 8.83. The summed E-state index contributed by atoms with van der Waals surface area (Å²) in [6, 6.07) is 5.05. The first kappa shape index (κ1) is 24.0. The Hall–Kier alpha value is -3.68. The number of benzene rings is 1. The molecule has 33 heavy (non-hydrogen) atoms. The van der Waals surface area contributed by atoms with Crippen molar-refractivity contribution >= 4 is 21.4 Å². The second-order valence-electron chi connectivity index (χ2n) is 6.82. The third-order valence-electron chi connectivity index (χ3n) is 4.21. The number of nitrogens with one attached hydrogen (secondary N) is 1. The van der Waals surface area contributed by atoms with Crippen molar-refractivity contribution in [3.8, 4) is 11.8 Å². The van der Waals surface area contributed by atoms with Gasteiger partial charge in [0.2, 0.25) is 0 Å². The van der Waals surface area contributed by atoms with Crippen LogP contribution in [-0.4, -0.2) is 40.7 Å². The average molecular weight is 485 g/mol. The molecule has 0 aliphatic rings. The highest BCUT2D eigenvalue weighted by atomic mass is 32.2. The fourth-order valence-corrected chi connectivity index (χ4v) is 3.37. The van der Waals surface area contributed by atoms with Crippen molar-refractivity contribution in [1.82, 2.24) is 20.2 Å². The molecule has 0 radical (unpaired) electrons. The number of aromatic nitrogens is 4. The molecule has 9 nitrogen and oxygen atoms in total. The van der Waals surface area contributed by atoms with Gasteiger partial charge in [-0.05, 0) is 37.6 Å². The lowest BCUT2D eigenvalue weighted by atomic mass is 10.1. The van der Waals surface area contributed by atoms with Crippen LogP contribution in [0.15, 0.2) is 35.4 Å². The third-order valence-corrected chi connectivity index (χ3v) is 5.32. The van der Waals surface area contributed by atoms with Crippen LogP contribution in [0.3, 0.4) is 0 Å². The molecule has 0 saturated heterocycles. The van der Waals surface area contributed by atoms with E-state index in [1.807, 2.05) is 0 Å². The van der Waals surface area contributed by atoms with Gasteiger partial charge < -0.3 is 10.1 Å². The molecule has 174 valence electrons. The number of sulfone groups is 1. The molecule has 1 N–H and O–H groups in total. The lowest BCUT2D eigenvalue weighted by Crippen LogP contribution is -2.21. The average Bonchev–Trinajstić information content (AvgIpc) is 2.68. The molecule has 0 fully saturated rings. The number of alkyl halides is 3. The fourth-order valence-electron chi connectivity index (χ4n) is 2.70. The topological polar surface area (TPSA) is 124 Å². The van der Waals surface area contributed by atoms with Crippen molar-refractivity contribution in [3.63, 3.8) is 0 Å². The number of carbonyl (C=O) groups excluding carboxylic acids is 1. The summed E-state index contributed by atoms with van der Waals surface area (Å²) in [4.78, 5) is 19.9. The summed E-state index contributed by atoms with van der Waals surface area (Å²) in [6.45, 7) is 2.41. The van der Waals surface area contributed by atoms with Gasteiger partial charge in [0.1, 0.15) is 5.56 Å². The highest BCUT2D eigenvalue weighted by Crippen LogP contribution is 2.35. The molecule has 14 heteroatoms. The summed E-state index contributed by atoms with van der Waals surface area (Å²) in [5, 5.41) is 8.65. The number of ether oxygens (including phenoxy) is 1. The summed E-state index contributed by atoms with van der Waals surface area (Å²) in [7, 11) is -3.62.